The summed E-state index contributed by atoms with van der Waals surface area (Å²) in [4.78, 5) is 35.4. The summed E-state index contributed by atoms with van der Waals surface area (Å²) >= 11 is 6.05. The van der Waals surface area contributed by atoms with Crippen molar-refractivity contribution in [3.8, 4) is 0 Å². The van der Waals surface area contributed by atoms with E-state index in [4.69, 9.17) is 11.6 Å². The minimum atomic E-state index is -4.33. The number of halogens is 1. The Bertz CT molecular complexity index is 1680. The number of aryl methyl sites for hydroxylation is 2. The number of anilines is 1. The lowest BCUT2D eigenvalue weighted by atomic mass is 10.1. The molecule has 198 valence electrons. The zero-order valence-corrected chi connectivity index (χ0v) is 21.9. The SMILES string of the molecule is Cc1nn(C)c(Cl)c1S(=O)(=O)N[C@@H](Cc1nc2ccc(C=CCNc3ccccn3)cc2c(=O)[nH]1)C(=O)O. The van der Waals surface area contributed by atoms with Crippen molar-refractivity contribution in [3.63, 3.8) is 0 Å². The molecule has 0 amide bonds. The third-order valence-corrected chi connectivity index (χ3v) is 7.68. The summed E-state index contributed by atoms with van der Waals surface area (Å²) in [6.45, 7) is 1.97. The number of fused-ring (bicyclic) bond motifs is 1. The zero-order valence-electron chi connectivity index (χ0n) is 20.3. The number of carboxylic acid groups (broad SMARTS) is 1. The van der Waals surface area contributed by atoms with Crippen LogP contribution in [0.3, 0.4) is 0 Å². The number of benzene rings is 1. The van der Waals surface area contributed by atoms with E-state index >= 15 is 0 Å². The number of aromatic nitrogens is 5. The molecule has 3 aromatic heterocycles. The van der Waals surface area contributed by atoms with Crippen LogP contribution in [0.2, 0.25) is 5.15 Å². The van der Waals surface area contributed by atoms with E-state index in [0.717, 1.165) is 11.4 Å². The van der Waals surface area contributed by atoms with Crippen molar-refractivity contribution in [1.82, 2.24) is 29.5 Å². The van der Waals surface area contributed by atoms with E-state index in [0.29, 0.717) is 17.4 Å². The first-order valence-corrected chi connectivity index (χ1v) is 13.2. The summed E-state index contributed by atoms with van der Waals surface area (Å²) in [7, 11) is -2.87. The molecule has 4 aromatic rings. The number of H-pyrrole nitrogens is 1. The monoisotopic (exact) mass is 557 g/mol. The van der Waals surface area contributed by atoms with Crippen molar-refractivity contribution in [2.75, 3.05) is 11.9 Å². The van der Waals surface area contributed by atoms with Crippen LogP contribution in [0.25, 0.3) is 17.0 Å². The molecule has 4 rings (SSSR count). The molecule has 1 aromatic carbocycles. The molecular formula is C24H24ClN7O5S. The number of hydrogen-bond donors (Lipinski definition) is 4. The lowest BCUT2D eigenvalue weighted by molar-refractivity contribution is -0.139. The van der Waals surface area contributed by atoms with Crippen LogP contribution in [0.15, 0.2) is 58.4 Å². The second kappa shape index (κ2) is 11.1. The molecule has 0 saturated carbocycles. The van der Waals surface area contributed by atoms with Gasteiger partial charge in [-0.1, -0.05) is 35.9 Å². The van der Waals surface area contributed by atoms with Gasteiger partial charge in [0, 0.05) is 26.2 Å². The molecule has 0 saturated heterocycles. The molecule has 0 spiro atoms. The van der Waals surface area contributed by atoms with Crippen LogP contribution in [0.5, 0.6) is 0 Å². The minimum absolute atomic E-state index is 0.00876. The zero-order chi connectivity index (χ0) is 27.4. The summed E-state index contributed by atoms with van der Waals surface area (Å²) in [6.07, 6.45) is 5.00. The van der Waals surface area contributed by atoms with Gasteiger partial charge in [-0.05, 0) is 36.8 Å². The fourth-order valence-corrected chi connectivity index (χ4v) is 5.71. The predicted octanol–water partition coefficient (Wildman–Crippen LogP) is 2.11. The molecule has 14 heteroatoms. The van der Waals surface area contributed by atoms with Crippen LogP contribution in [-0.2, 0) is 28.3 Å². The molecule has 0 aliphatic carbocycles. The van der Waals surface area contributed by atoms with Crippen LogP contribution in [0.4, 0.5) is 5.82 Å². The van der Waals surface area contributed by atoms with Gasteiger partial charge >= 0.3 is 5.97 Å². The Hall–Kier alpha value is -4.07. The lowest BCUT2D eigenvalue weighted by Gasteiger charge is -2.14. The summed E-state index contributed by atoms with van der Waals surface area (Å²) in [6, 6.07) is 8.99. The van der Waals surface area contributed by atoms with Crippen LogP contribution < -0.4 is 15.6 Å². The largest absolute Gasteiger partial charge is 0.480 e. The highest BCUT2D eigenvalue weighted by atomic mass is 35.5. The van der Waals surface area contributed by atoms with Gasteiger partial charge in [-0.2, -0.15) is 9.82 Å². The number of aromatic amines is 1. The summed E-state index contributed by atoms with van der Waals surface area (Å²) < 4.78 is 29.1. The highest BCUT2D eigenvalue weighted by molar-refractivity contribution is 7.89. The van der Waals surface area contributed by atoms with Crippen molar-refractivity contribution in [2.24, 2.45) is 7.05 Å². The van der Waals surface area contributed by atoms with Crippen molar-refractivity contribution >= 4 is 50.4 Å². The maximum absolute atomic E-state index is 12.9. The molecule has 1 atom stereocenters. The number of nitrogens with one attached hydrogen (secondary N) is 3. The topological polar surface area (TPSA) is 172 Å². The van der Waals surface area contributed by atoms with Gasteiger partial charge in [0.15, 0.2) is 0 Å². The van der Waals surface area contributed by atoms with Crippen molar-refractivity contribution < 1.29 is 18.3 Å². The standard InChI is InChI=1S/C24H24ClN7O5S/c1-14-21(22(25)32(2)30-14)38(36,37)31-18(24(34)35)13-20-28-17-9-8-15(12-16(17)23(33)29-20)6-5-11-27-19-7-3-4-10-26-19/h3-10,12,18,31H,11,13H2,1-2H3,(H,26,27)(H,34,35)(H,28,29,33)/t18-/m0/s1. The van der Waals surface area contributed by atoms with E-state index in [1.165, 1.54) is 18.7 Å². The molecular weight excluding hydrogens is 534 g/mol. The normalized spacial score (nSPS) is 12.7. The van der Waals surface area contributed by atoms with Crippen molar-refractivity contribution in [2.45, 2.75) is 24.3 Å². The van der Waals surface area contributed by atoms with Crippen molar-refractivity contribution in [3.05, 3.63) is 81.3 Å². The minimum Gasteiger partial charge on any atom is -0.480 e. The number of carboxylic acids is 1. The second-order valence-corrected chi connectivity index (χ2v) is 10.3. The summed E-state index contributed by atoms with van der Waals surface area (Å²) in [5.74, 6) is -0.701. The highest BCUT2D eigenvalue weighted by Gasteiger charge is 2.31. The fraction of sp³-hybridized carbons (Fsp3) is 0.208. The van der Waals surface area contributed by atoms with Crippen LogP contribution >= 0.6 is 11.6 Å². The van der Waals surface area contributed by atoms with Gasteiger partial charge in [-0.25, -0.2) is 18.4 Å². The Balaban J connectivity index is 1.51. The van der Waals surface area contributed by atoms with Gasteiger partial charge < -0.3 is 15.4 Å². The van der Waals surface area contributed by atoms with E-state index in [1.807, 2.05) is 30.4 Å². The molecule has 4 N–H and O–H groups in total. The van der Waals surface area contributed by atoms with Crippen molar-refractivity contribution in [1.29, 1.82) is 0 Å². The molecule has 0 unspecified atom stereocenters. The third kappa shape index (κ3) is 6.07. The van der Waals surface area contributed by atoms with E-state index < -0.39 is 34.0 Å². The maximum atomic E-state index is 12.9. The molecule has 0 bridgehead atoms. The number of pyridine rings is 1. The number of carbonyl (C=O) groups is 1. The molecule has 38 heavy (non-hydrogen) atoms. The van der Waals surface area contributed by atoms with Gasteiger partial charge in [0.2, 0.25) is 10.0 Å². The van der Waals surface area contributed by atoms with Crippen LogP contribution in [0, 0.1) is 6.92 Å². The molecule has 0 fully saturated rings. The van der Waals surface area contributed by atoms with Gasteiger partial charge in [-0.3, -0.25) is 14.3 Å². The Labute approximate surface area is 222 Å². The lowest BCUT2D eigenvalue weighted by Crippen LogP contribution is -2.43. The van der Waals surface area contributed by atoms with Gasteiger partial charge in [0.05, 0.1) is 16.6 Å². The Kier molecular flexibility index (Phi) is 7.90. The van der Waals surface area contributed by atoms with E-state index in [1.54, 1.807) is 24.4 Å². The second-order valence-electron chi connectivity index (χ2n) is 8.33. The summed E-state index contributed by atoms with van der Waals surface area (Å²) in [5, 5.41) is 16.9. The van der Waals surface area contributed by atoms with Gasteiger partial charge in [0.25, 0.3) is 5.56 Å². The number of aliphatic carboxylic acids is 1. The van der Waals surface area contributed by atoms with E-state index in [-0.39, 0.29) is 21.6 Å². The average Bonchev–Trinajstić information content (AvgIpc) is 3.13. The van der Waals surface area contributed by atoms with E-state index in [9.17, 15) is 23.1 Å². The quantitative estimate of drug-likeness (QED) is 0.228. The maximum Gasteiger partial charge on any atom is 0.322 e. The van der Waals surface area contributed by atoms with Gasteiger partial charge in [-0.15, -0.1) is 0 Å². The molecule has 0 aliphatic rings. The smallest absolute Gasteiger partial charge is 0.322 e. The van der Waals surface area contributed by atoms with Crippen LogP contribution in [0.1, 0.15) is 17.1 Å². The number of sulfonamides is 1. The Morgan fingerprint density at radius 3 is 2.74 bits per heavy atom. The summed E-state index contributed by atoms with van der Waals surface area (Å²) in [5.41, 5.74) is 0.736. The number of rotatable bonds is 10. The fourth-order valence-electron chi connectivity index (χ4n) is 3.77. The average molecular weight is 558 g/mol. The Morgan fingerprint density at radius 2 is 2.08 bits per heavy atom. The highest BCUT2D eigenvalue weighted by Crippen LogP contribution is 2.24. The number of nitrogens with zero attached hydrogens (tertiary/aromatic N) is 4. The Morgan fingerprint density at radius 1 is 1.29 bits per heavy atom. The molecule has 12 nitrogen and oxygen atoms in total. The molecule has 0 radical (unpaired) electrons. The first-order valence-electron chi connectivity index (χ1n) is 11.3. The van der Waals surface area contributed by atoms with E-state index in [2.05, 4.69) is 30.1 Å². The predicted molar refractivity (Wildman–Crippen MR) is 143 cm³/mol. The van der Waals surface area contributed by atoms with Crippen LogP contribution in [-0.4, -0.2) is 56.8 Å². The molecule has 3 heterocycles. The first-order chi connectivity index (χ1) is 18.0. The van der Waals surface area contributed by atoms with Gasteiger partial charge in [0.1, 0.15) is 27.7 Å². The number of hydrogen-bond acceptors (Lipinski definition) is 8. The first kappa shape index (κ1) is 27.0. The molecule has 0 aliphatic heterocycles. The third-order valence-electron chi connectivity index (χ3n) is 5.52.